The predicted molar refractivity (Wildman–Crippen MR) is 162 cm³/mol. The van der Waals surface area contributed by atoms with Gasteiger partial charge in [0.25, 0.3) is 0 Å². The van der Waals surface area contributed by atoms with Crippen LogP contribution in [0.4, 0.5) is 0 Å². The Morgan fingerprint density at radius 3 is 2.22 bits per heavy atom. The lowest BCUT2D eigenvalue weighted by Gasteiger charge is -2.31. The minimum Gasteiger partial charge on any atom is -0.481 e. The number of sulfonamides is 1. The van der Waals surface area contributed by atoms with Gasteiger partial charge < -0.3 is 15.5 Å². The summed E-state index contributed by atoms with van der Waals surface area (Å²) in [5.41, 5.74) is 4.87. The van der Waals surface area contributed by atoms with Gasteiger partial charge in [-0.1, -0.05) is 67.6 Å². The minimum atomic E-state index is -3.84. The van der Waals surface area contributed by atoms with Crippen LogP contribution in [0.15, 0.2) is 77.7 Å². The molecule has 0 saturated heterocycles. The van der Waals surface area contributed by atoms with Crippen LogP contribution in [-0.4, -0.2) is 60.7 Å². The topological polar surface area (TPSA) is 107 Å². The number of nitrogens with zero attached hydrogens (tertiary/aromatic N) is 1. The lowest BCUT2D eigenvalue weighted by atomic mass is 9.88. The van der Waals surface area contributed by atoms with Gasteiger partial charge in [-0.3, -0.25) is 4.79 Å². The molecule has 1 aliphatic rings. The molecule has 3 N–H and O–H groups in total. The minimum absolute atomic E-state index is 0.0349. The molecule has 2 atom stereocenters. The van der Waals surface area contributed by atoms with Gasteiger partial charge in [-0.25, -0.2) is 8.42 Å². The summed E-state index contributed by atoms with van der Waals surface area (Å²) in [5.74, 6) is -0.892. The van der Waals surface area contributed by atoms with Crippen LogP contribution in [0.1, 0.15) is 56.2 Å². The number of hydrogen-bond donors (Lipinski definition) is 3. The number of rotatable bonds is 13. The number of hydrogen-bond acceptors (Lipinski definition) is 5. The van der Waals surface area contributed by atoms with Crippen molar-refractivity contribution in [3.63, 3.8) is 0 Å². The number of β-amino-alcohol motifs (C(OH)–C–C–N with tert-alkyl or cyclic N) is 1. The van der Waals surface area contributed by atoms with Gasteiger partial charge in [0.2, 0.25) is 10.0 Å². The van der Waals surface area contributed by atoms with E-state index in [0.29, 0.717) is 23.5 Å². The second-order valence-electron chi connectivity index (χ2n) is 11.9. The SMILES string of the molecule is CC[C@@H](C(=O)O)c1ccc(-c2cccc(S(=O)(=O)N(C)CC(O)CNC(C)(C)CC3Cc4ccccc4C3)c2)cc1. The van der Waals surface area contributed by atoms with Gasteiger partial charge in [0.1, 0.15) is 0 Å². The summed E-state index contributed by atoms with van der Waals surface area (Å²) in [6, 6.07) is 22.4. The Morgan fingerprint density at radius 2 is 1.63 bits per heavy atom. The number of nitrogens with one attached hydrogen (secondary N) is 1. The maximum absolute atomic E-state index is 13.4. The number of likely N-dealkylation sites (N-methyl/N-ethyl adjacent to an activating group) is 1. The van der Waals surface area contributed by atoms with E-state index in [9.17, 15) is 23.4 Å². The molecule has 220 valence electrons. The molecular formula is C33H42N2O5S. The predicted octanol–water partition coefficient (Wildman–Crippen LogP) is 5.09. The number of fused-ring (bicyclic) bond motifs is 1. The average molecular weight is 579 g/mol. The summed E-state index contributed by atoms with van der Waals surface area (Å²) in [6.45, 7) is 6.35. The van der Waals surface area contributed by atoms with Gasteiger partial charge >= 0.3 is 5.97 Å². The van der Waals surface area contributed by atoms with Crippen molar-refractivity contribution >= 4 is 16.0 Å². The summed E-state index contributed by atoms with van der Waals surface area (Å²) < 4.78 is 27.9. The Labute approximate surface area is 244 Å². The average Bonchev–Trinajstić information content (AvgIpc) is 3.34. The molecule has 0 aromatic heterocycles. The number of aliphatic hydroxyl groups excluding tert-OH is 1. The third-order valence-corrected chi connectivity index (χ3v) is 9.93. The highest BCUT2D eigenvalue weighted by molar-refractivity contribution is 7.89. The summed E-state index contributed by atoms with van der Waals surface area (Å²) >= 11 is 0. The van der Waals surface area contributed by atoms with Gasteiger partial charge in [-0.15, -0.1) is 0 Å². The number of aliphatic hydroxyl groups is 1. The van der Waals surface area contributed by atoms with E-state index >= 15 is 0 Å². The molecule has 0 fully saturated rings. The molecular weight excluding hydrogens is 536 g/mol. The molecule has 3 aromatic carbocycles. The summed E-state index contributed by atoms with van der Waals surface area (Å²) in [5, 5.41) is 23.6. The van der Waals surface area contributed by atoms with Crippen molar-refractivity contribution in [2.75, 3.05) is 20.1 Å². The third kappa shape index (κ3) is 7.63. The first-order chi connectivity index (χ1) is 19.4. The maximum atomic E-state index is 13.4. The fraction of sp³-hybridized carbons (Fsp3) is 0.424. The van der Waals surface area contributed by atoms with Gasteiger partial charge in [0.05, 0.1) is 16.9 Å². The third-order valence-electron chi connectivity index (χ3n) is 8.11. The van der Waals surface area contributed by atoms with E-state index in [1.807, 2.05) is 25.1 Å². The Morgan fingerprint density at radius 1 is 1.00 bits per heavy atom. The summed E-state index contributed by atoms with van der Waals surface area (Å²) in [4.78, 5) is 11.6. The van der Waals surface area contributed by atoms with Crippen LogP contribution < -0.4 is 5.32 Å². The van der Waals surface area contributed by atoms with Crippen LogP contribution in [0.3, 0.4) is 0 Å². The lowest BCUT2D eigenvalue weighted by Crippen LogP contribution is -2.47. The van der Waals surface area contributed by atoms with Gasteiger partial charge in [0.15, 0.2) is 0 Å². The van der Waals surface area contributed by atoms with E-state index in [4.69, 9.17) is 0 Å². The Bertz CT molecular complexity index is 1430. The molecule has 0 heterocycles. The van der Waals surface area contributed by atoms with Crippen molar-refractivity contribution in [3.8, 4) is 11.1 Å². The quantitative estimate of drug-likeness (QED) is 0.261. The Kier molecular flexibility index (Phi) is 9.70. The van der Waals surface area contributed by atoms with Crippen molar-refractivity contribution in [3.05, 3.63) is 89.5 Å². The van der Waals surface area contributed by atoms with E-state index in [0.717, 1.165) is 24.8 Å². The second-order valence-corrected chi connectivity index (χ2v) is 13.9. The molecule has 0 saturated carbocycles. The van der Waals surface area contributed by atoms with E-state index in [-0.39, 0.29) is 23.5 Å². The van der Waals surface area contributed by atoms with Crippen molar-refractivity contribution < 1.29 is 23.4 Å². The molecule has 1 unspecified atom stereocenters. The molecule has 8 heteroatoms. The van der Waals surface area contributed by atoms with E-state index in [2.05, 4.69) is 43.4 Å². The molecule has 7 nitrogen and oxygen atoms in total. The zero-order valence-corrected chi connectivity index (χ0v) is 25.2. The standard InChI is InChI=1S/C33H42N2O5S/c1-5-31(32(37)38)25-15-13-24(14-16-25)28-11-8-12-30(19-28)41(39,40)35(4)22-29(36)21-34-33(2,3)20-23-17-26-9-6-7-10-27(26)18-23/h6-16,19,23,29,31,34,36H,5,17-18,20-22H2,1-4H3,(H,37,38)/t29?,31-/m1/s1. The summed E-state index contributed by atoms with van der Waals surface area (Å²) in [6.07, 6.45) is 2.71. The number of carboxylic acid groups (broad SMARTS) is 1. The Hall–Kier alpha value is -3.04. The van der Waals surface area contributed by atoms with Crippen LogP contribution in [0.2, 0.25) is 0 Å². The number of benzene rings is 3. The van der Waals surface area contributed by atoms with Crippen LogP contribution >= 0.6 is 0 Å². The van der Waals surface area contributed by atoms with Crippen molar-refractivity contribution in [2.24, 2.45) is 5.92 Å². The summed E-state index contributed by atoms with van der Waals surface area (Å²) in [7, 11) is -2.35. The number of aliphatic carboxylic acids is 1. The number of carbonyl (C=O) groups is 1. The van der Waals surface area contributed by atoms with Crippen molar-refractivity contribution in [1.82, 2.24) is 9.62 Å². The van der Waals surface area contributed by atoms with E-state index in [1.165, 1.54) is 22.5 Å². The van der Waals surface area contributed by atoms with Crippen molar-refractivity contribution in [2.45, 2.75) is 68.9 Å². The van der Waals surface area contributed by atoms with Gasteiger partial charge in [0, 0.05) is 25.7 Å². The van der Waals surface area contributed by atoms with Gasteiger partial charge in [-0.2, -0.15) is 4.31 Å². The first-order valence-electron chi connectivity index (χ1n) is 14.3. The molecule has 0 bridgehead atoms. The van der Waals surface area contributed by atoms with Crippen LogP contribution in [-0.2, 0) is 27.7 Å². The smallest absolute Gasteiger partial charge is 0.310 e. The molecule has 41 heavy (non-hydrogen) atoms. The molecule has 0 aliphatic heterocycles. The highest BCUT2D eigenvalue weighted by Crippen LogP contribution is 2.32. The maximum Gasteiger partial charge on any atom is 0.310 e. The second kappa shape index (κ2) is 12.9. The molecule has 0 radical (unpaired) electrons. The van der Waals surface area contributed by atoms with Crippen LogP contribution in [0, 0.1) is 5.92 Å². The van der Waals surface area contributed by atoms with Gasteiger partial charge in [-0.05, 0) is 85.4 Å². The van der Waals surface area contributed by atoms with Crippen LogP contribution in [0.5, 0.6) is 0 Å². The van der Waals surface area contributed by atoms with E-state index < -0.39 is 28.0 Å². The first kappa shape index (κ1) is 30.9. The first-order valence-corrected chi connectivity index (χ1v) is 15.7. The normalized spacial score (nSPS) is 15.6. The monoisotopic (exact) mass is 578 g/mol. The number of carboxylic acids is 1. The highest BCUT2D eigenvalue weighted by atomic mass is 32.2. The highest BCUT2D eigenvalue weighted by Gasteiger charge is 2.29. The zero-order valence-electron chi connectivity index (χ0n) is 24.4. The molecule has 1 aliphatic carbocycles. The lowest BCUT2D eigenvalue weighted by molar-refractivity contribution is -0.138. The fourth-order valence-corrected chi connectivity index (χ4v) is 7.17. The van der Waals surface area contributed by atoms with Crippen molar-refractivity contribution in [1.29, 1.82) is 0 Å². The molecule has 4 rings (SSSR count). The Balaban J connectivity index is 1.34. The molecule has 0 spiro atoms. The fourth-order valence-electron chi connectivity index (χ4n) is 5.92. The van der Waals surface area contributed by atoms with E-state index in [1.54, 1.807) is 30.3 Å². The molecule has 3 aromatic rings. The largest absolute Gasteiger partial charge is 0.481 e. The zero-order chi connectivity index (χ0) is 29.8. The van der Waals surface area contributed by atoms with Crippen LogP contribution in [0.25, 0.3) is 11.1 Å². The molecule has 0 amide bonds.